The van der Waals surface area contributed by atoms with Crippen LogP contribution in [0.2, 0.25) is 0 Å². The summed E-state index contributed by atoms with van der Waals surface area (Å²) in [5, 5.41) is 11.6. The summed E-state index contributed by atoms with van der Waals surface area (Å²) in [6.45, 7) is 5.34. The first-order valence-electron chi connectivity index (χ1n) is 4.50. The zero-order valence-electron chi connectivity index (χ0n) is 8.88. The summed E-state index contributed by atoms with van der Waals surface area (Å²) in [4.78, 5) is 23.5. The lowest BCUT2D eigenvalue weighted by Crippen LogP contribution is -2.20. The van der Waals surface area contributed by atoms with Gasteiger partial charge in [-0.2, -0.15) is 0 Å². The number of carboxylic acid groups (broad SMARTS) is 1. The van der Waals surface area contributed by atoms with E-state index in [0.29, 0.717) is 11.1 Å². The Labute approximate surface area is 91.9 Å². The predicted octanol–water partition coefficient (Wildman–Crippen LogP) is 1.70. The molecule has 0 aliphatic rings. The van der Waals surface area contributed by atoms with Crippen LogP contribution in [0, 0.1) is 13.8 Å². The largest absolute Gasteiger partial charge is 0.478 e. The van der Waals surface area contributed by atoms with Gasteiger partial charge in [-0.05, 0) is 19.4 Å². The molecule has 1 rings (SSSR count). The van der Waals surface area contributed by atoms with E-state index >= 15 is 0 Å². The van der Waals surface area contributed by atoms with E-state index in [-0.39, 0.29) is 12.5 Å². The number of nitrogens with one attached hydrogen (secondary N) is 1. The Morgan fingerprint density at radius 3 is 2.40 bits per heavy atom. The summed E-state index contributed by atoms with van der Waals surface area (Å²) in [5.41, 5.74) is 1.03. The SMILES string of the molecule is CC(=O)NCc1c(C)sc(C)c1C(=O)O. The van der Waals surface area contributed by atoms with E-state index in [4.69, 9.17) is 5.11 Å². The van der Waals surface area contributed by atoms with Crippen molar-refractivity contribution in [3.05, 3.63) is 20.9 Å². The molecule has 1 aromatic rings. The molecule has 0 radical (unpaired) electrons. The van der Waals surface area contributed by atoms with Crippen LogP contribution in [0.5, 0.6) is 0 Å². The van der Waals surface area contributed by atoms with Gasteiger partial charge < -0.3 is 10.4 Å². The normalized spacial score (nSPS) is 10.1. The van der Waals surface area contributed by atoms with Crippen LogP contribution >= 0.6 is 11.3 Å². The molecule has 0 unspecified atom stereocenters. The van der Waals surface area contributed by atoms with Crippen LogP contribution in [0.25, 0.3) is 0 Å². The van der Waals surface area contributed by atoms with Crippen molar-refractivity contribution >= 4 is 23.2 Å². The highest BCUT2D eigenvalue weighted by Crippen LogP contribution is 2.27. The van der Waals surface area contributed by atoms with E-state index in [9.17, 15) is 9.59 Å². The molecule has 0 bridgehead atoms. The molecule has 82 valence electrons. The number of carboxylic acids is 1. The maximum Gasteiger partial charge on any atom is 0.337 e. The van der Waals surface area contributed by atoms with E-state index in [2.05, 4.69) is 5.32 Å². The summed E-state index contributed by atoms with van der Waals surface area (Å²) in [6, 6.07) is 0. The smallest absolute Gasteiger partial charge is 0.337 e. The lowest BCUT2D eigenvalue weighted by Gasteiger charge is -2.03. The number of hydrogen-bond donors (Lipinski definition) is 2. The summed E-state index contributed by atoms with van der Waals surface area (Å²) < 4.78 is 0. The molecule has 0 aromatic carbocycles. The second-order valence-corrected chi connectivity index (χ2v) is 4.71. The number of amides is 1. The number of thiophene rings is 1. The van der Waals surface area contributed by atoms with Gasteiger partial charge in [0.25, 0.3) is 0 Å². The van der Waals surface area contributed by atoms with Crippen molar-refractivity contribution in [1.82, 2.24) is 5.32 Å². The van der Waals surface area contributed by atoms with Gasteiger partial charge in [0.2, 0.25) is 5.91 Å². The van der Waals surface area contributed by atoms with Gasteiger partial charge in [-0.1, -0.05) is 0 Å². The molecule has 0 fully saturated rings. The van der Waals surface area contributed by atoms with Crippen LogP contribution < -0.4 is 5.32 Å². The van der Waals surface area contributed by atoms with Crippen LogP contribution in [-0.2, 0) is 11.3 Å². The quantitative estimate of drug-likeness (QED) is 0.826. The maximum absolute atomic E-state index is 11.0. The number of carbonyl (C=O) groups excluding carboxylic acids is 1. The standard InChI is InChI=1S/C10H13NO3S/c1-5-8(4-11-7(3)12)9(10(13)14)6(2)15-5/h4H2,1-3H3,(H,11,12)(H,13,14). The molecular formula is C10H13NO3S. The second kappa shape index (κ2) is 4.44. The average molecular weight is 227 g/mol. The Kier molecular flexibility index (Phi) is 3.47. The van der Waals surface area contributed by atoms with Gasteiger partial charge >= 0.3 is 5.97 Å². The first-order chi connectivity index (χ1) is 6.93. The Hall–Kier alpha value is -1.36. The summed E-state index contributed by atoms with van der Waals surface area (Å²) in [7, 11) is 0. The number of rotatable bonds is 3. The number of hydrogen-bond acceptors (Lipinski definition) is 3. The molecule has 0 aliphatic carbocycles. The fourth-order valence-corrected chi connectivity index (χ4v) is 2.51. The van der Waals surface area contributed by atoms with E-state index in [1.54, 1.807) is 6.92 Å². The van der Waals surface area contributed by atoms with Gasteiger partial charge in [0.1, 0.15) is 0 Å². The fourth-order valence-electron chi connectivity index (χ4n) is 1.44. The van der Waals surface area contributed by atoms with Crippen molar-refractivity contribution in [3.63, 3.8) is 0 Å². The van der Waals surface area contributed by atoms with Crippen LogP contribution in [0.4, 0.5) is 0 Å². The summed E-state index contributed by atoms with van der Waals surface area (Å²) >= 11 is 1.44. The molecule has 0 atom stereocenters. The predicted molar refractivity (Wildman–Crippen MR) is 58.3 cm³/mol. The fraction of sp³-hybridized carbons (Fsp3) is 0.400. The van der Waals surface area contributed by atoms with Crippen molar-refractivity contribution in [2.75, 3.05) is 0 Å². The minimum Gasteiger partial charge on any atom is -0.478 e. The van der Waals surface area contributed by atoms with Gasteiger partial charge in [-0.3, -0.25) is 4.79 Å². The molecule has 0 spiro atoms. The third kappa shape index (κ3) is 2.56. The molecule has 0 aliphatic heterocycles. The molecule has 0 saturated heterocycles. The van der Waals surface area contributed by atoms with Crippen LogP contribution in [-0.4, -0.2) is 17.0 Å². The molecule has 5 heteroatoms. The van der Waals surface area contributed by atoms with Gasteiger partial charge in [0, 0.05) is 23.2 Å². The number of carbonyl (C=O) groups is 2. The van der Waals surface area contributed by atoms with Crippen molar-refractivity contribution in [2.45, 2.75) is 27.3 Å². The third-order valence-electron chi connectivity index (χ3n) is 2.11. The lowest BCUT2D eigenvalue weighted by molar-refractivity contribution is -0.119. The number of aryl methyl sites for hydroxylation is 2. The second-order valence-electron chi connectivity index (χ2n) is 3.28. The Balaban J connectivity index is 3.04. The van der Waals surface area contributed by atoms with Crippen LogP contribution in [0.15, 0.2) is 0 Å². The van der Waals surface area contributed by atoms with Gasteiger partial charge in [-0.15, -0.1) is 11.3 Å². The van der Waals surface area contributed by atoms with Gasteiger partial charge in [-0.25, -0.2) is 4.79 Å². The van der Waals surface area contributed by atoms with Crippen molar-refractivity contribution < 1.29 is 14.7 Å². The molecule has 2 N–H and O–H groups in total. The molecule has 4 nitrogen and oxygen atoms in total. The first-order valence-corrected chi connectivity index (χ1v) is 5.31. The lowest BCUT2D eigenvalue weighted by atomic mass is 10.1. The highest BCUT2D eigenvalue weighted by Gasteiger charge is 2.18. The van der Waals surface area contributed by atoms with E-state index in [0.717, 1.165) is 9.75 Å². The molecule has 0 saturated carbocycles. The van der Waals surface area contributed by atoms with Crippen molar-refractivity contribution in [3.8, 4) is 0 Å². The van der Waals surface area contributed by atoms with E-state index in [1.165, 1.54) is 18.3 Å². The Morgan fingerprint density at radius 2 is 1.93 bits per heavy atom. The first kappa shape index (κ1) is 11.7. The Bertz CT molecular complexity index is 409. The van der Waals surface area contributed by atoms with Crippen molar-refractivity contribution in [2.24, 2.45) is 0 Å². The molecule has 15 heavy (non-hydrogen) atoms. The van der Waals surface area contributed by atoms with Gasteiger partial charge in [0.05, 0.1) is 5.56 Å². The van der Waals surface area contributed by atoms with Gasteiger partial charge in [0.15, 0.2) is 0 Å². The van der Waals surface area contributed by atoms with E-state index < -0.39 is 5.97 Å². The summed E-state index contributed by atoms with van der Waals surface area (Å²) in [5.74, 6) is -1.09. The zero-order chi connectivity index (χ0) is 11.6. The van der Waals surface area contributed by atoms with Crippen LogP contribution in [0.1, 0.15) is 32.6 Å². The highest BCUT2D eigenvalue weighted by molar-refractivity contribution is 7.12. The molecule has 1 amide bonds. The average Bonchev–Trinajstić information content (AvgIpc) is 2.37. The minimum absolute atomic E-state index is 0.158. The summed E-state index contributed by atoms with van der Waals surface area (Å²) in [6.07, 6.45) is 0. The van der Waals surface area contributed by atoms with Crippen LogP contribution in [0.3, 0.4) is 0 Å². The monoisotopic (exact) mass is 227 g/mol. The Morgan fingerprint density at radius 1 is 1.33 bits per heavy atom. The molecule has 1 heterocycles. The highest BCUT2D eigenvalue weighted by atomic mass is 32.1. The maximum atomic E-state index is 11.0. The van der Waals surface area contributed by atoms with Crippen molar-refractivity contribution in [1.29, 1.82) is 0 Å². The third-order valence-corrected chi connectivity index (χ3v) is 3.18. The number of aromatic carboxylic acids is 1. The van der Waals surface area contributed by atoms with E-state index in [1.807, 2.05) is 6.92 Å². The topological polar surface area (TPSA) is 66.4 Å². The zero-order valence-corrected chi connectivity index (χ0v) is 9.70. The molecular weight excluding hydrogens is 214 g/mol. The molecule has 1 aromatic heterocycles. The minimum atomic E-state index is -0.933.